The molecule has 2 atom stereocenters. The van der Waals surface area contributed by atoms with Crippen molar-refractivity contribution in [2.45, 2.75) is 65.6 Å². The third-order valence-corrected chi connectivity index (χ3v) is 5.60. The molecule has 0 saturated carbocycles. The van der Waals surface area contributed by atoms with Crippen molar-refractivity contribution in [3.63, 3.8) is 0 Å². The van der Waals surface area contributed by atoms with E-state index in [-0.39, 0.29) is 6.04 Å². The minimum atomic E-state index is -0.533. The van der Waals surface area contributed by atoms with Crippen molar-refractivity contribution in [3.05, 3.63) is 65.7 Å². The normalized spacial score (nSPS) is 20.5. The summed E-state index contributed by atoms with van der Waals surface area (Å²) in [6.07, 6.45) is 1.65. The fourth-order valence-corrected chi connectivity index (χ4v) is 3.75. The van der Waals surface area contributed by atoms with Gasteiger partial charge in [0.15, 0.2) is 0 Å². The van der Waals surface area contributed by atoms with Crippen molar-refractivity contribution >= 4 is 11.8 Å². The molecule has 3 rings (SSSR count). The summed E-state index contributed by atoms with van der Waals surface area (Å²) in [5.74, 6) is 2.60. The van der Waals surface area contributed by atoms with Gasteiger partial charge in [-0.05, 0) is 62.8 Å². The van der Waals surface area contributed by atoms with Gasteiger partial charge in [0, 0.05) is 0 Å². The average molecular weight is 437 g/mol. The van der Waals surface area contributed by atoms with E-state index < -0.39 is 5.54 Å². The Hall–Kier alpha value is -2.82. The lowest BCUT2D eigenvalue weighted by Gasteiger charge is -2.34. The van der Waals surface area contributed by atoms with Crippen molar-refractivity contribution in [1.29, 1.82) is 0 Å². The molecule has 2 aromatic carbocycles. The van der Waals surface area contributed by atoms with Gasteiger partial charge in [0.2, 0.25) is 11.8 Å². The molecule has 1 aliphatic heterocycles. The third-order valence-electron chi connectivity index (χ3n) is 5.60. The van der Waals surface area contributed by atoms with Gasteiger partial charge in [-0.15, -0.1) is 0 Å². The minimum absolute atomic E-state index is 0.0920. The highest BCUT2D eigenvalue weighted by molar-refractivity contribution is 5.96. The van der Waals surface area contributed by atoms with Crippen LogP contribution in [0.1, 0.15) is 52.2 Å². The van der Waals surface area contributed by atoms with Crippen LogP contribution in [-0.4, -0.2) is 36.6 Å². The molecule has 0 saturated heterocycles. The van der Waals surface area contributed by atoms with Gasteiger partial charge in [0.1, 0.15) is 23.9 Å². The number of aliphatic imine (C=N–C) groups is 2. The van der Waals surface area contributed by atoms with E-state index >= 15 is 0 Å². The molecule has 1 aliphatic rings. The number of rotatable bonds is 9. The third kappa shape index (κ3) is 6.12. The van der Waals surface area contributed by atoms with Crippen LogP contribution in [0.3, 0.4) is 0 Å². The van der Waals surface area contributed by atoms with E-state index in [2.05, 4.69) is 45.0 Å². The maximum absolute atomic E-state index is 5.95. The van der Waals surface area contributed by atoms with Crippen LogP contribution >= 0.6 is 0 Å². The van der Waals surface area contributed by atoms with E-state index in [0.717, 1.165) is 30.1 Å². The zero-order chi connectivity index (χ0) is 23.0. The molecule has 0 spiro atoms. The molecular weight excluding hydrogens is 400 g/mol. The molecule has 0 amide bonds. The molecule has 5 nitrogen and oxygen atoms in total. The summed E-state index contributed by atoms with van der Waals surface area (Å²) in [7, 11) is 0. The van der Waals surface area contributed by atoms with Gasteiger partial charge in [-0.25, -0.2) is 9.98 Å². The van der Waals surface area contributed by atoms with E-state index in [0.29, 0.717) is 31.6 Å². The standard InChI is InChI=1S/C27H36N2O3/c1-6-30-25-24(20(3)4)28-26(31-7-2)27(5,29-25)18-17-21-13-15-23(16-14-21)32-19-22-11-9-8-10-12-22/h8-16,20,24H,6-7,17-19H2,1-5H3/t24-,27+/m0/s1. The van der Waals surface area contributed by atoms with Crippen LogP contribution in [0.25, 0.3) is 0 Å². The average Bonchev–Trinajstić information content (AvgIpc) is 2.79. The molecular formula is C27H36N2O3. The molecule has 172 valence electrons. The lowest BCUT2D eigenvalue weighted by molar-refractivity contribution is 0.256. The van der Waals surface area contributed by atoms with Crippen LogP contribution in [0.15, 0.2) is 64.6 Å². The molecule has 5 heteroatoms. The number of aryl methyl sites for hydroxylation is 1. The number of hydrogen-bond acceptors (Lipinski definition) is 5. The number of benzene rings is 2. The highest BCUT2D eigenvalue weighted by Crippen LogP contribution is 2.29. The van der Waals surface area contributed by atoms with Crippen molar-refractivity contribution < 1.29 is 14.2 Å². The molecule has 0 fully saturated rings. The molecule has 0 radical (unpaired) electrons. The monoisotopic (exact) mass is 436 g/mol. The Morgan fingerprint density at radius 3 is 2.19 bits per heavy atom. The zero-order valence-electron chi connectivity index (χ0n) is 20.0. The predicted molar refractivity (Wildman–Crippen MR) is 131 cm³/mol. The lowest BCUT2D eigenvalue weighted by atomic mass is 9.90. The SMILES string of the molecule is CCOC1=N[C@](C)(CCc2ccc(OCc3ccccc3)cc2)C(OCC)=N[C@H]1C(C)C. The van der Waals surface area contributed by atoms with Crippen LogP contribution in [-0.2, 0) is 22.5 Å². The Balaban J connectivity index is 1.67. The Kier molecular flexibility index (Phi) is 8.32. The summed E-state index contributed by atoms with van der Waals surface area (Å²) < 4.78 is 17.7. The largest absolute Gasteiger partial charge is 0.489 e. The summed E-state index contributed by atoms with van der Waals surface area (Å²) in [5.41, 5.74) is 1.86. The van der Waals surface area contributed by atoms with Crippen LogP contribution in [0, 0.1) is 5.92 Å². The maximum atomic E-state index is 5.95. The van der Waals surface area contributed by atoms with E-state index in [1.165, 1.54) is 5.56 Å². The molecule has 0 aromatic heterocycles. The predicted octanol–water partition coefficient (Wildman–Crippen LogP) is 5.87. The Labute approximate surface area is 192 Å². The molecule has 0 aliphatic carbocycles. The van der Waals surface area contributed by atoms with Crippen molar-refractivity contribution in [2.24, 2.45) is 15.9 Å². The first-order valence-corrected chi connectivity index (χ1v) is 11.6. The van der Waals surface area contributed by atoms with Crippen LogP contribution in [0.2, 0.25) is 0 Å². The van der Waals surface area contributed by atoms with Gasteiger partial charge >= 0.3 is 0 Å². The summed E-state index contributed by atoms with van der Waals surface area (Å²) in [6.45, 7) is 12.1. The van der Waals surface area contributed by atoms with Gasteiger partial charge in [-0.2, -0.15) is 0 Å². The van der Waals surface area contributed by atoms with Gasteiger partial charge in [0.25, 0.3) is 0 Å². The Morgan fingerprint density at radius 1 is 0.875 bits per heavy atom. The highest BCUT2D eigenvalue weighted by Gasteiger charge is 2.39. The summed E-state index contributed by atoms with van der Waals surface area (Å²) in [4.78, 5) is 9.94. The fraction of sp³-hybridized carbons (Fsp3) is 0.481. The van der Waals surface area contributed by atoms with Gasteiger partial charge in [-0.3, -0.25) is 0 Å². The fourth-order valence-electron chi connectivity index (χ4n) is 3.75. The van der Waals surface area contributed by atoms with Crippen LogP contribution < -0.4 is 4.74 Å². The zero-order valence-corrected chi connectivity index (χ0v) is 20.0. The summed E-state index contributed by atoms with van der Waals surface area (Å²) in [6, 6.07) is 18.4. The number of ether oxygens (including phenoxy) is 3. The summed E-state index contributed by atoms with van der Waals surface area (Å²) >= 11 is 0. The van der Waals surface area contributed by atoms with E-state index in [1.807, 2.05) is 44.2 Å². The Bertz CT molecular complexity index is 906. The first kappa shape index (κ1) is 23.8. The first-order chi connectivity index (χ1) is 15.4. The highest BCUT2D eigenvalue weighted by atomic mass is 16.5. The smallest absolute Gasteiger partial charge is 0.212 e. The molecule has 0 N–H and O–H groups in total. The molecule has 32 heavy (non-hydrogen) atoms. The maximum Gasteiger partial charge on any atom is 0.212 e. The second-order valence-corrected chi connectivity index (χ2v) is 8.63. The van der Waals surface area contributed by atoms with Gasteiger partial charge in [0.05, 0.1) is 13.2 Å². The van der Waals surface area contributed by atoms with Crippen molar-refractivity contribution in [2.75, 3.05) is 13.2 Å². The van der Waals surface area contributed by atoms with Crippen molar-refractivity contribution in [3.8, 4) is 5.75 Å². The molecule has 0 bridgehead atoms. The number of nitrogens with zero attached hydrogens (tertiary/aromatic N) is 2. The molecule has 1 heterocycles. The Morgan fingerprint density at radius 2 is 1.56 bits per heavy atom. The van der Waals surface area contributed by atoms with Crippen molar-refractivity contribution in [1.82, 2.24) is 0 Å². The molecule has 0 unspecified atom stereocenters. The second kappa shape index (κ2) is 11.2. The number of hydrogen-bond donors (Lipinski definition) is 0. The summed E-state index contributed by atoms with van der Waals surface area (Å²) in [5, 5.41) is 0. The minimum Gasteiger partial charge on any atom is -0.489 e. The lowest BCUT2D eigenvalue weighted by Crippen LogP contribution is -2.45. The molecule has 2 aromatic rings. The van der Waals surface area contributed by atoms with E-state index in [9.17, 15) is 0 Å². The van der Waals surface area contributed by atoms with E-state index in [1.54, 1.807) is 0 Å². The van der Waals surface area contributed by atoms with Gasteiger partial charge < -0.3 is 14.2 Å². The van der Waals surface area contributed by atoms with Crippen LogP contribution in [0.5, 0.6) is 5.75 Å². The first-order valence-electron chi connectivity index (χ1n) is 11.6. The quantitative estimate of drug-likeness (QED) is 0.494. The van der Waals surface area contributed by atoms with Gasteiger partial charge in [-0.1, -0.05) is 56.3 Å². The topological polar surface area (TPSA) is 52.4 Å². The van der Waals surface area contributed by atoms with Crippen LogP contribution in [0.4, 0.5) is 0 Å². The second-order valence-electron chi connectivity index (χ2n) is 8.63. The van der Waals surface area contributed by atoms with E-state index in [4.69, 9.17) is 24.2 Å².